The number of pyridine rings is 1. The molecule has 5 nitrogen and oxygen atoms in total. The van der Waals surface area contributed by atoms with Crippen LogP contribution in [0.4, 0.5) is 5.69 Å². The van der Waals surface area contributed by atoms with E-state index in [0.29, 0.717) is 12.3 Å². The number of carbonyl (C=O) groups is 1. The maximum absolute atomic E-state index is 12.8. The summed E-state index contributed by atoms with van der Waals surface area (Å²) in [5, 5.41) is 16.3. The second-order valence-electron chi connectivity index (χ2n) is 9.59. The Morgan fingerprint density at radius 3 is 2.65 bits per heavy atom. The molecule has 0 aliphatic heterocycles. The molecule has 31 heavy (non-hydrogen) atoms. The lowest BCUT2D eigenvalue weighted by atomic mass is 9.67. The van der Waals surface area contributed by atoms with Crippen LogP contribution in [0.1, 0.15) is 63.5 Å². The van der Waals surface area contributed by atoms with Crippen LogP contribution in [-0.4, -0.2) is 35.7 Å². The second kappa shape index (κ2) is 11.1. The van der Waals surface area contributed by atoms with Crippen molar-refractivity contribution in [2.45, 2.75) is 64.2 Å². The average Bonchev–Trinajstić information content (AvgIpc) is 2.76. The number of hydrogen-bond acceptors (Lipinski definition) is 4. The van der Waals surface area contributed by atoms with Gasteiger partial charge in [0, 0.05) is 24.1 Å². The smallest absolute Gasteiger partial charge is 0.224 e. The molecule has 0 saturated heterocycles. The van der Waals surface area contributed by atoms with E-state index in [4.69, 9.17) is 10.1 Å². The monoisotopic (exact) mass is 423 g/mol. The Morgan fingerprint density at radius 2 is 1.84 bits per heavy atom. The lowest BCUT2D eigenvalue weighted by Crippen LogP contribution is -2.29. The molecule has 0 spiro atoms. The van der Waals surface area contributed by atoms with E-state index < -0.39 is 0 Å². The van der Waals surface area contributed by atoms with Gasteiger partial charge in [-0.15, -0.1) is 0 Å². The highest BCUT2D eigenvalue weighted by Crippen LogP contribution is 2.43. The number of fused-ring (bicyclic) bond motifs is 3. The number of aromatic nitrogens is 1. The summed E-state index contributed by atoms with van der Waals surface area (Å²) in [7, 11) is 0. The van der Waals surface area contributed by atoms with Crippen LogP contribution in [0.15, 0.2) is 30.3 Å². The van der Waals surface area contributed by atoms with Gasteiger partial charge < -0.3 is 15.7 Å². The first-order valence-corrected chi connectivity index (χ1v) is 12.2. The number of nitrogens with one attached hydrogen (secondary N) is 2. The topological polar surface area (TPSA) is 74.2 Å². The van der Waals surface area contributed by atoms with Crippen molar-refractivity contribution in [2.24, 2.45) is 17.8 Å². The number of hydrogen-bond donors (Lipinski definition) is 3. The molecule has 2 atom stereocenters. The lowest BCUT2D eigenvalue weighted by molar-refractivity contribution is -0.117. The van der Waals surface area contributed by atoms with Crippen molar-refractivity contribution in [2.75, 3.05) is 25.0 Å². The van der Waals surface area contributed by atoms with Crippen LogP contribution in [-0.2, 0) is 11.2 Å². The van der Waals surface area contributed by atoms with Crippen LogP contribution in [0, 0.1) is 17.8 Å². The zero-order valence-electron chi connectivity index (χ0n) is 18.6. The van der Waals surface area contributed by atoms with Crippen molar-refractivity contribution < 1.29 is 9.90 Å². The Bertz CT molecular complexity index is 857. The van der Waals surface area contributed by atoms with Gasteiger partial charge in [0.25, 0.3) is 0 Å². The van der Waals surface area contributed by atoms with E-state index in [1.54, 1.807) is 0 Å². The number of amides is 1. The van der Waals surface area contributed by atoms with E-state index in [9.17, 15) is 4.79 Å². The summed E-state index contributed by atoms with van der Waals surface area (Å²) >= 11 is 0. The number of anilines is 1. The van der Waals surface area contributed by atoms with Gasteiger partial charge in [0.15, 0.2) is 0 Å². The van der Waals surface area contributed by atoms with Crippen molar-refractivity contribution in [3.05, 3.63) is 36.0 Å². The summed E-state index contributed by atoms with van der Waals surface area (Å²) < 4.78 is 0. The fourth-order valence-corrected chi connectivity index (χ4v) is 5.67. The quantitative estimate of drug-likeness (QED) is 0.485. The zero-order valence-corrected chi connectivity index (χ0v) is 18.6. The Labute approximate surface area is 186 Å². The SMILES string of the molecule is O=C(CC1CC2CCCC(C2)C1)Nc1cccc2nc(CCCNCCCO)ccc12. The summed E-state index contributed by atoms with van der Waals surface area (Å²) in [4.78, 5) is 17.6. The van der Waals surface area contributed by atoms with E-state index in [0.717, 1.165) is 66.5 Å². The molecule has 2 fully saturated rings. The Hall–Kier alpha value is -1.98. The summed E-state index contributed by atoms with van der Waals surface area (Å²) in [6, 6.07) is 10.2. The molecule has 1 amide bonds. The molecule has 1 aromatic heterocycles. The van der Waals surface area contributed by atoms with Gasteiger partial charge in [-0.2, -0.15) is 0 Å². The number of aliphatic hydroxyl groups excluding tert-OH is 1. The molecule has 2 aliphatic rings. The third kappa shape index (κ3) is 6.27. The minimum absolute atomic E-state index is 0.149. The van der Waals surface area contributed by atoms with Gasteiger partial charge in [-0.25, -0.2) is 0 Å². The molecule has 1 aromatic carbocycles. The average molecular weight is 424 g/mol. The van der Waals surface area contributed by atoms with Crippen molar-refractivity contribution in [3.63, 3.8) is 0 Å². The van der Waals surface area contributed by atoms with E-state index in [-0.39, 0.29) is 12.5 Å². The summed E-state index contributed by atoms with van der Waals surface area (Å²) in [6.07, 6.45) is 11.4. The first kappa shape index (κ1) is 22.2. The first-order chi connectivity index (χ1) is 15.2. The highest BCUT2D eigenvalue weighted by Gasteiger charge is 2.32. The number of nitrogens with zero attached hydrogens (tertiary/aromatic N) is 1. The van der Waals surface area contributed by atoms with E-state index >= 15 is 0 Å². The molecule has 4 rings (SSSR count). The Balaban J connectivity index is 1.32. The number of aryl methyl sites for hydroxylation is 1. The molecule has 3 N–H and O–H groups in total. The normalized spacial score (nSPS) is 23.1. The van der Waals surface area contributed by atoms with Gasteiger partial charge in [0.05, 0.1) is 11.2 Å². The van der Waals surface area contributed by atoms with Crippen molar-refractivity contribution >= 4 is 22.5 Å². The fraction of sp³-hybridized carbons (Fsp3) is 0.615. The van der Waals surface area contributed by atoms with E-state index in [1.165, 1.54) is 38.5 Å². The molecule has 168 valence electrons. The summed E-state index contributed by atoms with van der Waals surface area (Å²) in [5.74, 6) is 2.41. The van der Waals surface area contributed by atoms with Crippen molar-refractivity contribution in [1.82, 2.24) is 10.3 Å². The van der Waals surface area contributed by atoms with Crippen molar-refractivity contribution in [3.8, 4) is 0 Å². The Morgan fingerprint density at radius 1 is 1.03 bits per heavy atom. The van der Waals surface area contributed by atoms with Gasteiger partial charge in [0.1, 0.15) is 0 Å². The Kier molecular flexibility index (Phi) is 7.92. The van der Waals surface area contributed by atoms with Crippen LogP contribution in [0.3, 0.4) is 0 Å². The molecule has 1 heterocycles. The maximum Gasteiger partial charge on any atom is 0.224 e. The largest absolute Gasteiger partial charge is 0.396 e. The van der Waals surface area contributed by atoms with Gasteiger partial charge >= 0.3 is 0 Å². The summed E-state index contributed by atoms with van der Waals surface area (Å²) in [5.41, 5.74) is 2.90. The highest BCUT2D eigenvalue weighted by atomic mass is 16.3. The van der Waals surface area contributed by atoms with Gasteiger partial charge in [-0.3, -0.25) is 9.78 Å². The first-order valence-electron chi connectivity index (χ1n) is 12.2. The number of aliphatic hydroxyl groups is 1. The summed E-state index contributed by atoms with van der Waals surface area (Å²) in [6.45, 7) is 2.02. The number of rotatable bonds is 10. The molecule has 2 unspecified atom stereocenters. The third-order valence-corrected chi connectivity index (χ3v) is 7.06. The van der Waals surface area contributed by atoms with Crippen LogP contribution >= 0.6 is 0 Å². The lowest BCUT2D eigenvalue weighted by Gasteiger charge is -2.38. The molecule has 0 radical (unpaired) electrons. The minimum atomic E-state index is 0.149. The van der Waals surface area contributed by atoms with Crippen molar-refractivity contribution in [1.29, 1.82) is 0 Å². The molecule has 2 aromatic rings. The third-order valence-electron chi connectivity index (χ3n) is 7.06. The number of benzene rings is 1. The van der Waals surface area contributed by atoms with Crippen LogP contribution in [0.25, 0.3) is 10.9 Å². The maximum atomic E-state index is 12.8. The molecule has 5 heteroatoms. The zero-order chi connectivity index (χ0) is 21.5. The van der Waals surface area contributed by atoms with Crippen LogP contribution in [0.2, 0.25) is 0 Å². The molecular weight excluding hydrogens is 386 g/mol. The van der Waals surface area contributed by atoms with E-state index in [1.807, 2.05) is 18.2 Å². The van der Waals surface area contributed by atoms with Crippen LogP contribution in [0.5, 0.6) is 0 Å². The molecule has 2 bridgehead atoms. The molecule has 2 aliphatic carbocycles. The fourth-order valence-electron chi connectivity index (χ4n) is 5.67. The van der Waals surface area contributed by atoms with E-state index in [2.05, 4.69) is 22.8 Å². The molecule has 2 saturated carbocycles. The predicted octanol–water partition coefficient (Wildman–Crippen LogP) is 4.68. The standard InChI is InChI=1S/C26H37N3O2/c30-14-4-13-27-12-3-7-22-10-11-23-24(28-22)8-2-9-25(23)29-26(31)18-21-16-19-5-1-6-20(15-19)17-21/h2,8-11,19-21,27,30H,1,3-7,12-18H2,(H,29,31). The highest BCUT2D eigenvalue weighted by molar-refractivity contribution is 6.01. The predicted molar refractivity (Wildman–Crippen MR) is 126 cm³/mol. The van der Waals surface area contributed by atoms with Gasteiger partial charge in [-0.05, 0) is 93.6 Å². The van der Waals surface area contributed by atoms with Gasteiger partial charge in [0.2, 0.25) is 5.91 Å². The number of carbonyl (C=O) groups excluding carboxylic acids is 1. The van der Waals surface area contributed by atoms with Gasteiger partial charge in [-0.1, -0.05) is 25.3 Å². The minimum Gasteiger partial charge on any atom is -0.396 e. The van der Waals surface area contributed by atoms with Crippen LogP contribution < -0.4 is 10.6 Å². The second-order valence-corrected chi connectivity index (χ2v) is 9.59. The molecular formula is C26H37N3O2.